The average Bonchev–Trinajstić information content (AvgIpc) is 2.73. The molecule has 0 bridgehead atoms. The number of benzene rings is 2. The molecule has 3 N–H and O–H groups in total. The molecule has 0 radical (unpaired) electrons. The summed E-state index contributed by atoms with van der Waals surface area (Å²) in [6.07, 6.45) is 0.654. The fourth-order valence-electron chi connectivity index (χ4n) is 3.56. The average molecular weight is 480 g/mol. The number of pyridine rings is 2. The third-order valence-electron chi connectivity index (χ3n) is 5.89. The van der Waals surface area contributed by atoms with Crippen LogP contribution in [0.15, 0.2) is 64.0 Å². The third-order valence-corrected chi connectivity index (χ3v) is 6.38. The van der Waals surface area contributed by atoms with Crippen LogP contribution in [0.1, 0.15) is 44.9 Å². The van der Waals surface area contributed by atoms with Crippen molar-refractivity contribution in [3.8, 4) is 0 Å². The van der Waals surface area contributed by atoms with Gasteiger partial charge in [0.1, 0.15) is 11.9 Å². The van der Waals surface area contributed by atoms with E-state index in [1.807, 2.05) is 48.5 Å². The van der Waals surface area contributed by atoms with E-state index in [1.54, 1.807) is 6.20 Å². The van der Waals surface area contributed by atoms with E-state index in [2.05, 4.69) is 53.9 Å². The number of halogens is 1. The first kappa shape index (κ1) is 21.5. The highest BCUT2D eigenvalue weighted by Gasteiger charge is 2.24. The Morgan fingerprint density at radius 1 is 1.10 bits per heavy atom. The molecule has 2 unspecified atom stereocenters. The van der Waals surface area contributed by atoms with E-state index in [0.717, 1.165) is 20.8 Å². The lowest BCUT2D eigenvalue weighted by Gasteiger charge is -2.29. The summed E-state index contributed by atoms with van der Waals surface area (Å²) in [7, 11) is 0. The molecule has 4 aromatic rings. The summed E-state index contributed by atoms with van der Waals surface area (Å²) in [4.78, 5) is 20.6. The van der Waals surface area contributed by atoms with Crippen molar-refractivity contribution in [2.75, 3.05) is 5.32 Å². The topological polar surface area (TPSA) is 78.0 Å². The summed E-state index contributed by atoms with van der Waals surface area (Å²) in [6.45, 7) is 8.62. The number of H-pyrrole nitrogens is 1. The Labute approximate surface area is 189 Å². The van der Waals surface area contributed by atoms with E-state index in [4.69, 9.17) is 4.98 Å². The van der Waals surface area contributed by atoms with Gasteiger partial charge in [0.05, 0.1) is 10.9 Å². The maximum atomic E-state index is 12.9. The first-order valence-electron chi connectivity index (χ1n) is 10.3. The number of nitrogens with one attached hydrogen (secondary N) is 2. The van der Waals surface area contributed by atoms with Gasteiger partial charge in [0.2, 0.25) is 0 Å². The smallest absolute Gasteiger partial charge is 0.258 e. The lowest BCUT2D eigenvalue weighted by Crippen LogP contribution is -2.31. The number of aromatic amines is 1. The Morgan fingerprint density at radius 3 is 2.48 bits per heavy atom. The first-order chi connectivity index (χ1) is 14.7. The minimum Gasteiger partial charge on any atom is -0.384 e. The Morgan fingerprint density at radius 2 is 1.81 bits per heavy atom. The summed E-state index contributed by atoms with van der Waals surface area (Å²) in [5.41, 5.74) is 1.58. The van der Waals surface area contributed by atoms with E-state index < -0.39 is 6.10 Å². The van der Waals surface area contributed by atoms with Crippen LogP contribution < -0.4 is 10.9 Å². The molecule has 2 aromatic heterocycles. The molecule has 160 valence electrons. The van der Waals surface area contributed by atoms with Gasteiger partial charge >= 0.3 is 0 Å². The number of hydrogen-bond acceptors (Lipinski definition) is 4. The second-order valence-corrected chi connectivity index (χ2v) is 9.91. The highest BCUT2D eigenvalue weighted by atomic mass is 79.9. The van der Waals surface area contributed by atoms with Gasteiger partial charge in [-0.15, -0.1) is 0 Å². The van der Waals surface area contributed by atoms with Crippen LogP contribution in [-0.4, -0.2) is 21.1 Å². The number of aliphatic hydroxyl groups is 1. The molecule has 2 heterocycles. The predicted molar refractivity (Wildman–Crippen MR) is 131 cm³/mol. The third kappa shape index (κ3) is 4.10. The summed E-state index contributed by atoms with van der Waals surface area (Å²) in [5, 5.41) is 16.8. The van der Waals surface area contributed by atoms with E-state index in [1.165, 1.54) is 0 Å². The molecule has 6 heteroatoms. The van der Waals surface area contributed by atoms with E-state index in [9.17, 15) is 9.90 Å². The number of aliphatic hydroxyl groups excluding tert-OH is 1. The van der Waals surface area contributed by atoms with Crippen molar-refractivity contribution in [2.45, 2.75) is 39.8 Å². The van der Waals surface area contributed by atoms with Crippen molar-refractivity contribution in [1.82, 2.24) is 9.97 Å². The monoisotopic (exact) mass is 479 g/mol. The van der Waals surface area contributed by atoms with Crippen molar-refractivity contribution in [3.63, 3.8) is 0 Å². The quantitative estimate of drug-likeness (QED) is 0.324. The highest BCUT2D eigenvalue weighted by molar-refractivity contribution is 9.10. The van der Waals surface area contributed by atoms with Gasteiger partial charge in [0, 0.05) is 33.0 Å². The van der Waals surface area contributed by atoms with E-state index in [-0.39, 0.29) is 17.0 Å². The van der Waals surface area contributed by atoms with Crippen molar-refractivity contribution in [1.29, 1.82) is 0 Å². The summed E-state index contributed by atoms with van der Waals surface area (Å²) >= 11 is 3.53. The van der Waals surface area contributed by atoms with Gasteiger partial charge in [0.15, 0.2) is 0 Å². The molecule has 2 aromatic carbocycles. The number of fused-ring (bicyclic) bond motifs is 3. The van der Waals surface area contributed by atoms with Crippen LogP contribution in [0.25, 0.3) is 21.7 Å². The molecular formula is C25H26BrN3O2. The maximum Gasteiger partial charge on any atom is 0.258 e. The molecule has 0 spiro atoms. The first-order valence-corrected chi connectivity index (χ1v) is 11.1. The highest BCUT2D eigenvalue weighted by Crippen LogP contribution is 2.35. The summed E-state index contributed by atoms with van der Waals surface area (Å²) < 4.78 is 0.871. The molecule has 2 atom stereocenters. The molecule has 4 rings (SSSR count). The zero-order chi connectivity index (χ0) is 22.3. The van der Waals surface area contributed by atoms with Crippen LogP contribution in [-0.2, 0) is 0 Å². The molecule has 0 fully saturated rings. The van der Waals surface area contributed by atoms with Crippen LogP contribution in [0, 0.1) is 5.41 Å². The van der Waals surface area contributed by atoms with Gasteiger partial charge in [-0.25, -0.2) is 4.98 Å². The Bertz CT molecular complexity index is 1310. The zero-order valence-electron chi connectivity index (χ0n) is 18.0. The Balaban J connectivity index is 2.03. The minimum absolute atomic E-state index is 0.0128. The van der Waals surface area contributed by atoms with Gasteiger partial charge in [-0.05, 0) is 36.1 Å². The number of rotatable bonds is 4. The molecule has 0 aliphatic heterocycles. The van der Waals surface area contributed by atoms with Gasteiger partial charge in [-0.2, -0.15) is 0 Å². The van der Waals surface area contributed by atoms with Crippen LogP contribution in [0.4, 0.5) is 5.82 Å². The molecule has 0 saturated heterocycles. The van der Waals surface area contributed by atoms with Crippen molar-refractivity contribution >= 4 is 43.4 Å². The molecule has 0 saturated carbocycles. The number of nitrogens with zero attached hydrogens (tertiary/aromatic N) is 1. The fraction of sp³-hybridized carbons (Fsp3) is 0.280. The lowest BCUT2D eigenvalue weighted by atomic mass is 9.88. The predicted octanol–water partition coefficient (Wildman–Crippen LogP) is 5.77. The van der Waals surface area contributed by atoms with Crippen LogP contribution in [0.2, 0.25) is 0 Å². The maximum absolute atomic E-state index is 12.9. The molecular weight excluding hydrogens is 454 g/mol. The molecule has 5 nitrogen and oxygen atoms in total. The Hall–Kier alpha value is -2.70. The van der Waals surface area contributed by atoms with Gasteiger partial charge in [0.25, 0.3) is 5.56 Å². The zero-order valence-corrected chi connectivity index (χ0v) is 19.6. The van der Waals surface area contributed by atoms with Gasteiger partial charge in [-0.3, -0.25) is 4.79 Å². The van der Waals surface area contributed by atoms with Crippen molar-refractivity contribution in [3.05, 3.63) is 80.7 Å². The second-order valence-electron chi connectivity index (χ2n) is 8.99. The largest absolute Gasteiger partial charge is 0.384 e. The fourth-order valence-corrected chi connectivity index (χ4v) is 3.92. The number of aromatic nitrogens is 2. The standard InChI is InChI=1S/C25H26BrN3O2/c1-14(25(2,3)4)28-23-17-11-10-16(26)12-18(17)20-21(29-23)19(13-27-24(20)31)22(30)15-8-6-5-7-9-15/h5-14,22,30H,1-4H3,(H,27,31)(H,28,29). The van der Waals surface area contributed by atoms with Crippen LogP contribution in [0.5, 0.6) is 0 Å². The minimum atomic E-state index is -0.912. The summed E-state index contributed by atoms with van der Waals surface area (Å²) in [6, 6.07) is 15.4. The second kappa shape index (κ2) is 8.09. The van der Waals surface area contributed by atoms with Crippen molar-refractivity contribution in [2.24, 2.45) is 5.41 Å². The Kier molecular flexibility index (Phi) is 5.62. The molecule has 31 heavy (non-hydrogen) atoms. The van der Waals surface area contributed by atoms with E-state index >= 15 is 0 Å². The SMILES string of the molecule is CC(Nc1nc2c(C(O)c3ccccc3)c[nH]c(=O)c2c2cc(Br)ccc12)C(C)(C)C. The number of anilines is 1. The van der Waals surface area contributed by atoms with Gasteiger partial charge in [-0.1, -0.05) is 67.0 Å². The molecule has 0 aliphatic carbocycles. The normalized spacial score (nSPS) is 14.0. The summed E-state index contributed by atoms with van der Waals surface area (Å²) in [5.74, 6) is 0.699. The van der Waals surface area contributed by atoms with Crippen molar-refractivity contribution < 1.29 is 5.11 Å². The van der Waals surface area contributed by atoms with Crippen LogP contribution >= 0.6 is 15.9 Å². The van der Waals surface area contributed by atoms with Crippen LogP contribution in [0.3, 0.4) is 0 Å². The van der Waals surface area contributed by atoms with Gasteiger partial charge < -0.3 is 15.4 Å². The molecule has 0 amide bonds. The molecule has 0 aliphatic rings. The lowest BCUT2D eigenvalue weighted by molar-refractivity contribution is 0.221. The van der Waals surface area contributed by atoms with E-state index in [0.29, 0.717) is 22.3 Å². The number of hydrogen-bond donors (Lipinski definition) is 3.